The Bertz CT molecular complexity index is 281. The molecule has 0 unspecified atom stereocenters. The summed E-state index contributed by atoms with van der Waals surface area (Å²) < 4.78 is 0. The third-order valence-corrected chi connectivity index (χ3v) is 4.79. The van der Waals surface area contributed by atoms with Crippen LogP contribution in [0.2, 0.25) is 0 Å². The number of carbonyl (C=O) groups is 1. The Morgan fingerprint density at radius 2 is 1.79 bits per heavy atom. The molecule has 2 aliphatic rings. The number of hydrogen-bond donors (Lipinski definition) is 2. The predicted octanol–water partition coefficient (Wildman–Crippen LogP) is 1.51. The molecule has 4 nitrogen and oxygen atoms in total. The second-order valence-corrected chi connectivity index (χ2v) is 6.17. The van der Waals surface area contributed by atoms with E-state index in [0.29, 0.717) is 6.42 Å². The summed E-state index contributed by atoms with van der Waals surface area (Å²) in [6.07, 6.45) is 9.38. The Balaban J connectivity index is 1.67. The van der Waals surface area contributed by atoms with Gasteiger partial charge in [0.25, 0.3) is 0 Å². The van der Waals surface area contributed by atoms with E-state index in [1.165, 1.54) is 45.2 Å². The van der Waals surface area contributed by atoms with Crippen LogP contribution in [-0.2, 0) is 4.79 Å². The fraction of sp³-hybridized carbons (Fsp3) is 0.933. The van der Waals surface area contributed by atoms with Gasteiger partial charge in [-0.05, 0) is 45.8 Å². The summed E-state index contributed by atoms with van der Waals surface area (Å²) in [5.41, 5.74) is 0.0655. The Morgan fingerprint density at radius 3 is 2.42 bits per heavy atom. The van der Waals surface area contributed by atoms with Crippen molar-refractivity contribution in [2.45, 2.75) is 56.9 Å². The molecule has 19 heavy (non-hydrogen) atoms. The van der Waals surface area contributed by atoms with Gasteiger partial charge in [0, 0.05) is 25.0 Å². The van der Waals surface area contributed by atoms with Crippen LogP contribution in [-0.4, -0.2) is 49.6 Å². The van der Waals surface area contributed by atoms with E-state index in [1.807, 2.05) is 7.05 Å². The Morgan fingerprint density at radius 1 is 1.11 bits per heavy atom. The molecule has 2 rings (SSSR count). The minimum atomic E-state index is 0.0655. The number of likely N-dealkylation sites (tertiary alicyclic amines) is 1. The Hall–Kier alpha value is -0.610. The quantitative estimate of drug-likeness (QED) is 0.767. The zero-order chi connectivity index (χ0) is 13.6. The highest BCUT2D eigenvalue weighted by molar-refractivity contribution is 5.77. The van der Waals surface area contributed by atoms with Crippen molar-refractivity contribution >= 4 is 5.91 Å². The second kappa shape index (κ2) is 7.25. The second-order valence-electron chi connectivity index (χ2n) is 6.17. The first kappa shape index (κ1) is 14.8. The molecule has 1 saturated carbocycles. The highest BCUT2D eigenvalue weighted by atomic mass is 16.1. The number of hydrogen-bond acceptors (Lipinski definition) is 3. The number of rotatable bonds is 6. The summed E-state index contributed by atoms with van der Waals surface area (Å²) in [4.78, 5) is 14.5. The first-order valence-electron chi connectivity index (χ1n) is 7.92. The molecule has 1 aliphatic carbocycles. The first-order valence-corrected chi connectivity index (χ1v) is 7.92. The van der Waals surface area contributed by atoms with Crippen molar-refractivity contribution in [1.82, 2.24) is 15.5 Å². The van der Waals surface area contributed by atoms with Crippen LogP contribution in [0.4, 0.5) is 0 Å². The summed E-state index contributed by atoms with van der Waals surface area (Å²) in [5.74, 6) is 0.218. The van der Waals surface area contributed by atoms with Crippen LogP contribution in [0.25, 0.3) is 0 Å². The Kier molecular flexibility index (Phi) is 5.64. The van der Waals surface area contributed by atoms with Gasteiger partial charge in [-0.15, -0.1) is 0 Å². The molecule has 2 fully saturated rings. The summed E-state index contributed by atoms with van der Waals surface area (Å²) in [6.45, 7) is 4.23. The maximum atomic E-state index is 12.1. The highest BCUT2D eigenvalue weighted by Crippen LogP contribution is 2.30. The monoisotopic (exact) mass is 267 g/mol. The predicted molar refractivity (Wildman–Crippen MR) is 78.2 cm³/mol. The van der Waals surface area contributed by atoms with Crippen LogP contribution in [0.15, 0.2) is 0 Å². The fourth-order valence-corrected chi connectivity index (χ4v) is 3.47. The largest absolute Gasteiger partial charge is 0.355 e. The molecule has 0 atom stereocenters. The highest BCUT2D eigenvalue weighted by Gasteiger charge is 2.32. The molecule has 4 heteroatoms. The lowest BCUT2D eigenvalue weighted by molar-refractivity contribution is -0.122. The van der Waals surface area contributed by atoms with Crippen molar-refractivity contribution < 1.29 is 4.79 Å². The molecule has 0 aromatic rings. The summed E-state index contributed by atoms with van der Waals surface area (Å²) in [5, 5.41) is 6.50. The van der Waals surface area contributed by atoms with Crippen LogP contribution >= 0.6 is 0 Å². The van der Waals surface area contributed by atoms with E-state index in [0.717, 1.165) is 25.9 Å². The van der Waals surface area contributed by atoms with Crippen LogP contribution in [0.5, 0.6) is 0 Å². The number of nitrogens with zero attached hydrogens (tertiary/aromatic N) is 1. The number of nitrogens with one attached hydrogen (secondary N) is 2. The van der Waals surface area contributed by atoms with Gasteiger partial charge in [0.1, 0.15) is 0 Å². The van der Waals surface area contributed by atoms with Gasteiger partial charge in [-0.25, -0.2) is 0 Å². The molecule has 0 spiro atoms. The number of amides is 1. The van der Waals surface area contributed by atoms with E-state index in [-0.39, 0.29) is 11.4 Å². The van der Waals surface area contributed by atoms with Gasteiger partial charge in [0.15, 0.2) is 0 Å². The van der Waals surface area contributed by atoms with Gasteiger partial charge >= 0.3 is 0 Å². The molecule has 0 aromatic carbocycles. The number of carbonyl (C=O) groups excluding carboxylic acids is 1. The van der Waals surface area contributed by atoms with Gasteiger partial charge in [-0.3, -0.25) is 4.79 Å². The van der Waals surface area contributed by atoms with Crippen molar-refractivity contribution in [3.63, 3.8) is 0 Å². The maximum Gasteiger partial charge on any atom is 0.221 e. The lowest BCUT2D eigenvalue weighted by atomic mass is 9.79. The normalized spacial score (nSPS) is 23.4. The van der Waals surface area contributed by atoms with Crippen LogP contribution < -0.4 is 10.6 Å². The van der Waals surface area contributed by atoms with Gasteiger partial charge < -0.3 is 15.5 Å². The smallest absolute Gasteiger partial charge is 0.221 e. The molecule has 0 bridgehead atoms. The molecule has 110 valence electrons. The molecule has 0 radical (unpaired) electrons. The summed E-state index contributed by atoms with van der Waals surface area (Å²) in [6, 6.07) is 0. The minimum Gasteiger partial charge on any atom is -0.355 e. The van der Waals surface area contributed by atoms with Crippen molar-refractivity contribution in [1.29, 1.82) is 0 Å². The van der Waals surface area contributed by atoms with E-state index >= 15 is 0 Å². The van der Waals surface area contributed by atoms with E-state index in [1.54, 1.807) is 0 Å². The average Bonchev–Trinajstić information content (AvgIpc) is 2.93. The molecule has 1 aliphatic heterocycles. The van der Waals surface area contributed by atoms with Crippen molar-refractivity contribution in [2.75, 3.05) is 33.2 Å². The van der Waals surface area contributed by atoms with E-state index in [9.17, 15) is 4.79 Å². The topological polar surface area (TPSA) is 44.4 Å². The van der Waals surface area contributed by atoms with E-state index < -0.39 is 0 Å². The first-order chi connectivity index (χ1) is 9.24. The molecule has 2 N–H and O–H groups in total. The summed E-state index contributed by atoms with van der Waals surface area (Å²) >= 11 is 0. The van der Waals surface area contributed by atoms with Crippen LogP contribution in [0.1, 0.15) is 51.4 Å². The zero-order valence-corrected chi connectivity index (χ0v) is 12.3. The van der Waals surface area contributed by atoms with Gasteiger partial charge in [0.2, 0.25) is 5.91 Å². The van der Waals surface area contributed by atoms with Crippen LogP contribution in [0.3, 0.4) is 0 Å². The standard InChI is InChI=1S/C15H29N3O/c1-16-15(7-3-2-4-8-15)13-14(19)17-9-12-18-10-5-6-11-18/h16H,2-13H2,1H3,(H,17,19). The SMILES string of the molecule is CNC1(CC(=O)NCCN2CCCC2)CCCCC1. The summed E-state index contributed by atoms with van der Waals surface area (Å²) in [7, 11) is 2.00. The minimum absolute atomic E-state index is 0.0655. The molecular formula is C15H29N3O. The molecule has 1 saturated heterocycles. The van der Waals surface area contributed by atoms with Crippen LogP contribution in [0, 0.1) is 0 Å². The molecule has 1 heterocycles. The lowest BCUT2D eigenvalue weighted by Crippen LogP contribution is -2.48. The van der Waals surface area contributed by atoms with E-state index in [2.05, 4.69) is 15.5 Å². The van der Waals surface area contributed by atoms with Crippen molar-refractivity contribution in [3.05, 3.63) is 0 Å². The Labute approximate surface area is 117 Å². The fourth-order valence-electron chi connectivity index (χ4n) is 3.47. The zero-order valence-electron chi connectivity index (χ0n) is 12.3. The lowest BCUT2D eigenvalue weighted by Gasteiger charge is -2.36. The maximum absolute atomic E-state index is 12.1. The molecular weight excluding hydrogens is 238 g/mol. The van der Waals surface area contributed by atoms with Gasteiger partial charge in [-0.1, -0.05) is 19.3 Å². The van der Waals surface area contributed by atoms with E-state index in [4.69, 9.17) is 0 Å². The van der Waals surface area contributed by atoms with Crippen molar-refractivity contribution in [3.8, 4) is 0 Å². The van der Waals surface area contributed by atoms with Crippen molar-refractivity contribution in [2.24, 2.45) is 0 Å². The van der Waals surface area contributed by atoms with Gasteiger partial charge in [0.05, 0.1) is 0 Å². The third kappa shape index (κ3) is 4.46. The third-order valence-electron chi connectivity index (χ3n) is 4.79. The molecule has 1 amide bonds. The molecule has 0 aromatic heterocycles. The average molecular weight is 267 g/mol. The van der Waals surface area contributed by atoms with Gasteiger partial charge in [-0.2, -0.15) is 0 Å².